The van der Waals surface area contributed by atoms with E-state index >= 15 is 0 Å². The number of benzene rings is 1. The molecule has 2 unspecified atom stereocenters. The van der Waals surface area contributed by atoms with Crippen molar-refractivity contribution in [2.24, 2.45) is 0 Å². The summed E-state index contributed by atoms with van der Waals surface area (Å²) in [5.74, 6) is -0.753. The standard InChI is InChI=1S/C18H24ClN3O4/c1-20(12-17(23)24)10-15-11-21(8-9-26-15)16-6-7-22(18(16)25)14-4-2-13(19)3-5-14/h2-5,15-16H,6-12H2,1H3,(H,23,24). The third kappa shape index (κ3) is 4.54. The normalized spacial score (nSPS) is 24.4. The lowest BCUT2D eigenvalue weighted by molar-refractivity contribution is -0.138. The largest absolute Gasteiger partial charge is 0.480 e. The lowest BCUT2D eigenvalue weighted by Gasteiger charge is -2.37. The number of aliphatic carboxylic acids is 1. The molecule has 1 N–H and O–H groups in total. The molecular weight excluding hydrogens is 358 g/mol. The Hall–Kier alpha value is -1.67. The monoisotopic (exact) mass is 381 g/mol. The average molecular weight is 382 g/mol. The maximum Gasteiger partial charge on any atom is 0.317 e. The molecule has 0 radical (unpaired) electrons. The lowest BCUT2D eigenvalue weighted by Crippen LogP contribution is -2.53. The highest BCUT2D eigenvalue weighted by Crippen LogP contribution is 2.26. The first-order valence-electron chi connectivity index (χ1n) is 8.77. The molecule has 0 aliphatic carbocycles. The number of carboxylic acid groups (broad SMARTS) is 1. The summed E-state index contributed by atoms with van der Waals surface area (Å²) in [6, 6.07) is 7.17. The highest BCUT2D eigenvalue weighted by molar-refractivity contribution is 6.30. The van der Waals surface area contributed by atoms with Gasteiger partial charge in [-0.1, -0.05) is 11.6 Å². The van der Waals surface area contributed by atoms with Gasteiger partial charge in [0, 0.05) is 36.9 Å². The van der Waals surface area contributed by atoms with Crippen molar-refractivity contribution in [3.63, 3.8) is 0 Å². The van der Waals surface area contributed by atoms with Crippen LogP contribution in [-0.4, -0.2) is 85.3 Å². The molecule has 0 spiro atoms. The molecular formula is C18H24ClN3O4. The van der Waals surface area contributed by atoms with E-state index in [1.165, 1.54) is 0 Å². The van der Waals surface area contributed by atoms with Crippen LogP contribution < -0.4 is 4.90 Å². The number of ether oxygens (including phenoxy) is 1. The molecule has 2 atom stereocenters. The molecule has 26 heavy (non-hydrogen) atoms. The number of halogens is 1. The molecule has 1 amide bonds. The number of hydrogen-bond acceptors (Lipinski definition) is 5. The van der Waals surface area contributed by atoms with Crippen LogP contribution in [0.3, 0.4) is 0 Å². The van der Waals surface area contributed by atoms with Crippen LogP contribution in [0.25, 0.3) is 0 Å². The van der Waals surface area contributed by atoms with Gasteiger partial charge in [0.15, 0.2) is 0 Å². The summed E-state index contributed by atoms with van der Waals surface area (Å²) in [6.07, 6.45) is 0.685. The van der Waals surface area contributed by atoms with E-state index in [9.17, 15) is 9.59 Å². The van der Waals surface area contributed by atoms with Crippen LogP contribution in [0.5, 0.6) is 0 Å². The first-order valence-corrected chi connectivity index (χ1v) is 9.15. The van der Waals surface area contributed by atoms with Crippen LogP contribution in [-0.2, 0) is 14.3 Å². The van der Waals surface area contributed by atoms with Crippen molar-refractivity contribution < 1.29 is 19.4 Å². The minimum absolute atomic E-state index is 0.0213. The van der Waals surface area contributed by atoms with Crippen molar-refractivity contribution in [2.75, 3.05) is 51.3 Å². The Morgan fingerprint density at radius 3 is 2.77 bits per heavy atom. The van der Waals surface area contributed by atoms with Gasteiger partial charge in [0.1, 0.15) is 0 Å². The number of rotatable bonds is 6. The van der Waals surface area contributed by atoms with E-state index in [0.717, 1.165) is 12.1 Å². The fourth-order valence-corrected chi connectivity index (χ4v) is 3.79. The number of morpholine rings is 1. The first kappa shape index (κ1) is 19.1. The minimum Gasteiger partial charge on any atom is -0.480 e. The Balaban J connectivity index is 1.59. The number of anilines is 1. The number of amides is 1. The maximum atomic E-state index is 12.9. The van der Waals surface area contributed by atoms with Crippen LogP contribution in [0, 0.1) is 0 Å². The van der Waals surface area contributed by atoms with Gasteiger partial charge in [0.05, 0.1) is 25.3 Å². The average Bonchev–Trinajstić information content (AvgIpc) is 2.96. The summed E-state index contributed by atoms with van der Waals surface area (Å²) in [7, 11) is 1.76. The Kier molecular flexibility index (Phi) is 6.13. The Morgan fingerprint density at radius 1 is 1.35 bits per heavy atom. The van der Waals surface area contributed by atoms with Gasteiger partial charge in [-0.25, -0.2) is 0 Å². The molecule has 2 aliphatic heterocycles. The number of carbonyl (C=O) groups is 2. The fraction of sp³-hybridized carbons (Fsp3) is 0.556. The topological polar surface area (TPSA) is 73.3 Å². The maximum absolute atomic E-state index is 12.9. The SMILES string of the molecule is CN(CC(=O)O)CC1CN(C2CCN(c3ccc(Cl)cc3)C2=O)CCO1. The molecule has 7 nitrogen and oxygen atoms in total. The highest BCUT2D eigenvalue weighted by atomic mass is 35.5. The van der Waals surface area contributed by atoms with Crippen molar-refractivity contribution in [2.45, 2.75) is 18.6 Å². The first-order chi connectivity index (χ1) is 12.4. The lowest BCUT2D eigenvalue weighted by atomic mass is 10.1. The van der Waals surface area contributed by atoms with Crippen molar-refractivity contribution in [3.8, 4) is 0 Å². The third-order valence-corrected chi connectivity index (χ3v) is 5.10. The fourth-order valence-electron chi connectivity index (χ4n) is 3.66. The van der Waals surface area contributed by atoms with E-state index < -0.39 is 5.97 Å². The van der Waals surface area contributed by atoms with E-state index in [0.29, 0.717) is 37.8 Å². The van der Waals surface area contributed by atoms with Crippen molar-refractivity contribution in [1.82, 2.24) is 9.80 Å². The molecule has 1 aromatic carbocycles. The number of carbonyl (C=O) groups excluding carboxylic acids is 1. The van der Waals surface area contributed by atoms with Crippen LogP contribution in [0.15, 0.2) is 24.3 Å². The molecule has 0 aromatic heterocycles. The Morgan fingerprint density at radius 2 is 2.08 bits per heavy atom. The smallest absolute Gasteiger partial charge is 0.317 e. The molecule has 2 saturated heterocycles. The minimum atomic E-state index is -0.857. The van der Waals surface area contributed by atoms with E-state index in [2.05, 4.69) is 4.90 Å². The molecule has 2 aliphatic rings. The van der Waals surface area contributed by atoms with Crippen LogP contribution >= 0.6 is 11.6 Å². The van der Waals surface area contributed by atoms with Gasteiger partial charge < -0.3 is 14.7 Å². The summed E-state index contributed by atoms with van der Waals surface area (Å²) in [5.41, 5.74) is 0.868. The predicted molar refractivity (Wildman–Crippen MR) is 98.7 cm³/mol. The van der Waals surface area contributed by atoms with Crippen molar-refractivity contribution >= 4 is 29.2 Å². The number of hydrogen-bond donors (Lipinski definition) is 1. The second-order valence-corrected chi connectivity index (χ2v) is 7.29. The van der Waals surface area contributed by atoms with Crippen LogP contribution in [0.1, 0.15) is 6.42 Å². The number of likely N-dealkylation sites (N-methyl/N-ethyl adjacent to an activating group) is 1. The summed E-state index contributed by atoms with van der Waals surface area (Å²) in [5, 5.41) is 9.53. The molecule has 1 aromatic rings. The molecule has 0 saturated carbocycles. The molecule has 2 fully saturated rings. The van der Waals surface area contributed by atoms with Gasteiger partial charge in [-0.2, -0.15) is 0 Å². The summed E-state index contributed by atoms with van der Waals surface area (Å²) in [4.78, 5) is 29.4. The summed E-state index contributed by atoms with van der Waals surface area (Å²) < 4.78 is 5.76. The van der Waals surface area contributed by atoms with E-state index in [1.54, 1.807) is 24.1 Å². The molecule has 2 heterocycles. The van der Waals surface area contributed by atoms with Gasteiger partial charge in [-0.3, -0.25) is 19.4 Å². The zero-order chi connectivity index (χ0) is 18.7. The Labute approximate surface area is 158 Å². The van der Waals surface area contributed by atoms with E-state index in [-0.39, 0.29) is 24.6 Å². The van der Waals surface area contributed by atoms with Gasteiger partial charge >= 0.3 is 5.97 Å². The number of carboxylic acids is 1. The van der Waals surface area contributed by atoms with Gasteiger partial charge in [-0.15, -0.1) is 0 Å². The van der Waals surface area contributed by atoms with Crippen molar-refractivity contribution in [3.05, 3.63) is 29.3 Å². The summed E-state index contributed by atoms with van der Waals surface area (Å²) >= 11 is 5.93. The number of nitrogens with zero attached hydrogens (tertiary/aromatic N) is 3. The van der Waals surface area contributed by atoms with Crippen LogP contribution in [0.2, 0.25) is 5.02 Å². The molecule has 142 valence electrons. The third-order valence-electron chi connectivity index (χ3n) is 4.85. The quantitative estimate of drug-likeness (QED) is 0.797. The van der Waals surface area contributed by atoms with Crippen molar-refractivity contribution in [1.29, 1.82) is 0 Å². The molecule has 3 rings (SSSR count). The second kappa shape index (κ2) is 8.35. The summed E-state index contributed by atoms with van der Waals surface area (Å²) in [6.45, 7) is 3.10. The second-order valence-electron chi connectivity index (χ2n) is 6.85. The van der Waals surface area contributed by atoms with Gasteiger partial charge in [0.25, 0.3) is 0 Å². The van der Waals surface area contributed by atoms with Gasteiger partial charge in [-0.05, 0) is 37.7 Å². The highest BCUT2D eigenvalue weighted by Gasteiger charge is 2.38. The zero-order valence-electron chi connectivity index (χ0n) is 14.8. The van der Waals surface area contributed by atoms with Gasteiger partial charge in [0.2, 0.25) is 5.91 Å². The Bertz CT molecular complexity index is 654. The molecule has 0 bridgehead atoms. The predicted octanol–water partition coefficient (Wildman–Crippen LogP) is 1.16. The van der Waals surface area contributed by atoms with E-state index in [4.69, 9.17) is 21.4 Å². The van der Waals surface area contributed by atoms with E-state index in [1.807, 2.05) is 17.0 Å². The zero-order valence-corrected chi connectivity index (χ0v) is 15.6. The molecule has 8 heteroatoms. The van der Waals surface area contributed by atoms with Crippen LogP contribution in [0.4, 0.5) is 5.69 Å².